The first-order chi connectivity index (χ1) is 8.72. The third kappa shape index (κ3) is 3.09. The third-order valence-electron chi connectivity index (χ3n) is 2.85. The summed E-state index contributed by atoms with van der Waals surface area (Å²) in [6.45, 7) is 6.59. The van der Waals surface area contributed by atoms with E-state index in [9.17, 15) is 0 Å². The minimum absolute atomic E-state index is 0.364. The Labute approximate surface area is 118 Å². The molecule has 0 fully saturated rings. The Morgan fingerprint density at radius 2 is 2.06 bits per heavy atom. The lowest BCUT2D eigenvalue weighted by atomic mass is 10.2. The lowest BCUT2D eigenvalue weighted by molar-refractivity contribution is 0.893. The van der Waals surface area contributed by atoms with Crippen LogP contribution in [-0.4, -0.2) is 5.75 Å². The molecule has 3 heteroatoms. The van der Waals surface area contributed by atoms with Gasteiger partial charge in [-0.3, -0.25) is 0 Å². The van der Waals surface area contributed by atoms with Gasteiger partial charge in [-0.15, -0.1) is 23.1 Å². The second-order valence-electron chi connectivity index (χ2n) is 4.26. The van der Waals surface area contributed by atoms with E-state index in [-0.39, 0.29) is 0 Å². The largest absolute Gasteiger partial charge is 0.377 e. The Hall–Kier alpha value is -0.930. The van der Waals surface area contributed by atoms with Crippen LogP contribution in [-0.2, 0) is 0 Å². The maximum absolute atomic E-state index is 3.63. The fraction of sp³-hybridized carbons (Fsp3) is 0.333. The minimum atomic E-state index is 0.364. The van der Waals surface area contributed by atoms with Gasteiger partial charge >= 0.3 is 0 Å². The van der Waals surface area contributed by atoms with Crippen molar-refractivity contribution in [1.82, 2.24) is 0 Å². The number of hydrogen-bond acceptors (Lipinski definition) is 3. The first-order valence-corrected chi connectivity index (χ1v) is 8.11. The fourth-order valence-electron chi connectivity index (χ4n) is 1.99. The van der Waals surface area contributed by atoms with E-state index in [1.165, 1.54) is 21.0 Å². The Kier molecular flexibility index (Phi) is 4.72. The van der Waals surface area contributed by atoms with Gasteiger partial charge in [0.05, 0.1) is 6.04 Å². The fourth-order valence-corrected chi connectivity index (χ4v) is 3.70. The second kappa shape index (κ2) is 6.30. The maximum Gasteiger partial charge on any atom is 0.0581 e. The van der Waals surface area contributed by atoms with Crippen LogP contribution in [0.5, 0.6) is 0 Å². The molecule has 0 aliphatic carbocycles. The highest BCUT2D eigenvalue weighted by Gasteiger charge is 2.11. The predicted octanol–water partition coefficient (Wildman–Crippen LogP) is 5.34. The van der Waals surface area contributed by atoms with Crippen LogP contribution in [0, 0.1) is 6.92 Å². The molecule has 0 radical (unpaired) electrons. The van der Waals surface area contributed by atoms with Crippen molar-refractivity contribution in [3.63, 3.8) is 0 Å². The molecule has 2 aromatic rings. The zero-order valence-electron chi connectivity index (χ0n) is 11.1. The van der Waals surface area contributed by atoms with Gasteiger partial charge in [-0.25, -0.2) is 0 Å². The van der Waals surface area contributed by atoms with Crippen molar-refractivity contribution in [3.8, 4) is 0 Å². The number of anilines is 1. The summed E-state index contributed by atoms with van der Waals surface area (Å²) < 4.78 is 0. The Morgan fingerprint density at radius 3 is 2.72 bits per heavy atom. The smallest absolute Gasteiger partial charge is 0.0581 e. The number of aryl methyl sites for hydroxylation is 1. The molecule has 0 saturated heterocycles. The SMILES string of the molecule is CCSc1ccccc1NC(C)c1sccc1C. The average Bonchev–Trinajstić information content (AvgIpc) is 2.78. The minimum Gasteiger partial charge on any atom is -0.377 e. The summed E-state index contributed by atoms with van der Waals surface area (Å²) in [7, 11) is 0. The molecule has 0 aliphatic rings. The Balaban J connectivity index is 2.16. The summed E-state index contributed by atoms with van der Waals surface area (Å²) in [6, 6.07) is 11.1. The Morgan fingerprint density at radius 1 is 1.28 bits per heavy atom. The van der Waals surface area contributed by atoms with E-state index < -0.39 is 0 Å². The van der Waals surface area contributed by atoms with Crippen LogP contribution in [0.1, 0.15) is 30.3 Å². The molecular weight excluding hydrogens is 258 g/mol. The molecule has 0 amide bonds. The highest BCUT2D eigenvalue weighted by atomic mass is 32.2. The molecule has 18 heavy (non-hydrogen) atoms. The standard InChI is InChI=1S/C15H19NS2/c1-4-17-14-8-6-5-7-13(14)16-12(3)15-11(2)9-10-18-15/h5-10,12,16H,4H2,1-3H3. The number of benzene rings is 1. The summed E-state index contributed by atoms with van der Waals surface area (Å²) in [4.78, 5) is 2.76. The van der Waals surface area contributed by atoms with Crippen molar-refractivity contribution in [2.45, 2.75) is 31.7 Å². The molecule has 1 N–H and O–H groups in total. The van der Waals surface area contributed by atoms with Crippen LogP contribution in [0.3, 0.4) is 0 Å². The number of para-hydroxylation sites is 1. The van der Waals surface area contributed by atoms with Crippen molar-refractivity contribution in [1.29, 1.82) is 0 Å². The van der Waals surface area contributed by atoms with Gasteiger partial charge in [-0.05, 0) is 48.7 Å². The highest BCUT2D eigenvalue weighted by molar-refractivity contribution is 7.99. The number of thiophene rings is 1. The summed E-state index contributed by atoms with van der Waals surface area (Å²) >= 11 is 3.71. The molecule has 1 aromatic heterocycles. The molecule has 0 spiro atoms. The van der Waals surface area contributed by atoms with E-state index in [2.05, 4.69) is 61.8 Å². The van der Waals surface area contributed by atoms with Crippen LogP contribution in [0.4, 0.5) is 5.69 Å². The van der Waals surface area contributed by atoms with Gasteiger partial charge in [0.25, 0.3) is 0 Å². The van der Waals surface area contributed by atoms with Gasteiger partial charge in [0.1, 0.15) is 0 Å². The Bertz CT molecular complexity index is 505. The van der Waals surface area contributed by atoms with E-state index in [0.717, 1.165) is 5.75 Å². The van der Waals surface area contributed by atoms with Crippen molar-refractivity contribution < 1.29 is 0 Å². The van der Waals surface area contributed by atoms with E-state index >= 15 is 0 Å². The molecular formula is C15H19NS2. The second-order valence-corrected chi connectivity index (χ2v) is 6.52. The quantitative estimate of drug-likeness (QED) is 0.740. The van der Waals surface area contributed by atoms with E-state index in [0.29, 0.717) is 6.04 Å². The summed E-state index contributed by atoms with van der Waals surface area (Å²) in [6.07, 6.45) is 0. The van der Waals surface area contributed by atoms with Crippen molar-refractivity contribution in [2.75, 3.05) is 11.1 Å². The summed E-state index contributed by atoms with van der Waals surface area (Å²) in [5.74, 6) is 1.10. The van der Waals surface area contributed by atoms with Crippen LogP contribution >= 0.6 is 23.1 Å². The van der Waals surface area contributed by atoms with Gasteiger partial charge < -0.3 is 5.32 Å². The number of rotatable bonds is 5. The predicted molar refractivity (Wildman–Crippen MR) is 83.9 cm³/mol. The van der Waals surface area contributed by atoms with E-state index in [1.807, 2.05) is 23.1 Å². The molecule has 1 unspecified atom stereocenters. The third-order valence-corrected chi connectivity index (χ3v) is 5.01. The molecule has 96 valence electrons. The first-order valence-electron chi connectivity index (χ1n) is 6.24. The zero-order valence-corrected chi connectivity index (χ0v) is 12.7. The molecule has 1 nitrogen and oxygen atoms in total. The van der Waals surface area contributed by atoms with Gasteiger partial charge in [0, 0.05) is 15.5 Å². The summed E-state index contributed by atoms with van der Waals surface area (Å²) in [5.41, 5.74) is 2.62. The highest BCUT2D eigenvalue weighted by Crippen LogP contribution is 2.32. The van der Waals surface area contributed by atoms with E-state index in [4.69, 9.17) is 0 Å². The van der Waals surface area contributed by atoms with E-state index in [1.54, 1.807) is 0 Å². The van der Waals surface area contributed by atoms with Crippen molar-refractivity contribution >= 4 is 28.8 Å². The number of hydrogen-bond donors (Lipinski definition) is 1. The lowest BCUT2D eigenvalue weighted by Crippen LogP contribution is -2.06. The van der Waals surface area contributed by atoms with Gasteiger partial charge in [0.2, 0.25) is 0 Å². The topological polar surface area (TPSA) is 12.0 Å². The molecule has 2 rings (SSSR count). The molecule has 1 atom stereocenters. The summed E-state index contributed by atoms with van der Waals surface area (Å²) in [5, 5.41) is 5.79. The van der Waals surface area contributed by atoms with Crippen molar-refractivity contribution in [2.24, 2.45) is 0 Å². The van der Waals surface area contributed by atoms with Gasteiger partial charge in [-0.1, -0.05) is 19.1 Å². The van der Waals surface area contributed by atoms with Gasteiger partial charge in [-0.2, -0.15) is 0 Å². The van der Waals surface area contributed by atoms with Crippen LogP contribution in [0.25, 0.3) is 0 Å². The van der Waals surface area contributed by atoms with Crippen LogP contribution < -0.4 is 5.32 Å². The van der Waals surface area contributed by atoms with Crippen molar-refractivity contribution in [3.05, 3.63) is 46.2 Å². The average molecular weight is 277 g/mol. The van der Waals surface area contributed by atoms with Crippen LogP contribution in [0.15, 0.2) is 40.6 Å². The lowest BCUT2D eigenvalue weighted by Gasteiger charge is -2.17. The molecule has 1 heterocycles. The zero-order chi connectivity index (χ0) is 13.0. The monoisotopic (exact) mass is 277 g/mol. The first kappa shape index (κ1) is 13.5. The molecule has 0 bridgehead atoms. The maximum atomic E-state index is 3.63. The molecule has 0 aliphatic heterocycles. The number of nitrogens with one attached hydrogen (secondary N) is 1. The van der Waals surface area contributed by atoms with Gasteiger partial charge in [0.15, 0.2) is 0 Å². The number of thioether (sulfide) groups is 1. The molecule has 0 saturated carbocycles. The van der Waals surface area contributed by atoms with Crippen LogP contribution in [0.2, 0.25) is 0 Å². The molecule has 1 aromatic carbocycles. The normalized spacial score (nSPS) is 12.4.